The van der Waals surface area contributed by atoms with Crippen LogP contribution < -0.4 is 5.32 Å². The van der Waals surface area contributed by atoms with E-state index < -0.39 is 9.84 Å². The molecule has 1 aliphatic heterocycles. The number of anilines is 2. The summed E-state index contributed by atoms with van der Waals surface area (Å²) in [6.45, 7) is 6.23. The molecule has 7 nitrogen and oxygen atoms in total. The van der Waals surface area contributed by atoms with Crippen molar-refractivity contribution in [2.45, 2.75) is 68.9 Å². The highest BCUT2D eigenvalue weighted by Crippen LogP contribution is 2.37. The van der Waals surface area contributed by atoms with Crippen molar-refractivity contribution >= 4 is 21.5 Å². The Bertz CT molecular complexity index is 975. The number of nitrogens with one attached hydrogen (secondary N) is 1. The lowest BCUT2D eigenvalue weighted by atomic mass is 10.0. The molecule has 1 fully saturated rings. The van der Waals surface area contributed by atoms with Crippen LogP contribution in [0.1, 0.15) is 57.2 Å². The zero-order valence-electron chi connectivity index (χ0n) is 15.9. The van der Waals surface area contributed by atoms with Gasteiger partial charge >= 0.3 is 0 Å². The standard InChI is InChI=1S/C19H26N4O3S/c1-19(2,3)23-17(11-15(22-23)12-4-5-13(24)10-12)21-18-14-7-9-27(25,26)16(14)6-8-20-18/h6,8,11-13,24H,4-5,7,9-10H2,1-3H3,(H,20,21)/t12-,13+/m0/s1. The first kappa shape index (κ1) is 18.4. The zero-order valence-corrected chi connectivity index (χ0v) is 16.8. The number of fused-ring (bicyclic) bond motifs is 1. The Kier molecular flexibility index (Phi) is 4.31. The lowest BCUT2D eigenvalue weighted by Gasteiger charge is -2.23. The van der Waals surface area contributed by atoms with Crippen LogP contribution in [0.15, 0.2) is 23.2 Å². The van der Waals surface area contributed by atoms with E-state index in [4.69, 9.17) is 5.10 Å². The molecule has 8 heteroatoms. The quantitative estimate of drug-likeness (QED) is 0.836. The summed E-state index contributed by atoms with van der Waals surface area (Å²) in [7, 11) is -3.20. The molecule has 0 aromatic carbocycles. The van der Waals surface area contributed by atoms with Gasteiger partial charge in [0.15, 0.2) is 9.84 Å². The van der Waals surface area contributed by atoms with Crippen LogP contribution in [0.4, 0.5) is 11.6 Å². The summed E-state index contributed by atoms with van der Waals surface area (Å²) in [6.07, 6.45) is 4.23. The van der Waals surface area contributed by atoms with Crippen LogP contribution in [-0.2, 0) is 21.8 Å². The van der Waals surface area contributed by atoms with E-state index in [-0.39, 0.29) is 23.3 Å². The first-order chi connectivity index (χ1) is 12.6. The minimum Gasteiger partial charge on any atom is -0.393 e. The first-order valence-electron chi connectivity index (χ1n) is 9.41. The van der Waals surface area contributed by atoms with Gasteiger partial charge < -0.3 is 10.4 Å². The van der Waals surface area contributed by atoms with Crippen molar-refractivity contribution in [3.8, 4) is 0 Å². The minimum absolute atomic E-state index is 0.131. The highest BCUT2D eigenvalue weighted by molar-refractivity contribution is 7.91. The molecule has 4 rings (SSSR count). The monoisotopic (exact) mass is 390 g/mol. The van der Waals surface area contributed by atoms with Gasteiger partial charge in [-0.1, -0.05) is 0 Å². The molecule has 2 aromatic rings. The van der Waals surface area contributed by atoms with Gasteiger partial charge in [-0.25, -0.2) is 18.1 Å². The number of aliphatic hydroxyl groups is 1. The molecule has 3 heterocycles. The van der Waals surface area contributed by atoms with Gasteiger partial charge in [-0.2, -0.15) is 5.10 Å². The Morgan fingerprint density at radius 1 is 1.30 bits per heavy atom. The molecule has 1 saturated carbocycles. The van der Waals surface area contributed by atoms with Gasteiger partial charge in [-0.15, -0.1) is 0 Å². The van der Waals surface area contributed by atoms with Gasteiger partial charge in [0.2, 0.25) is 0 Å². The summed E-state index contributed by atoms with van der Waals surface area (Å²) < 4.78 is 26.3. The Morgan fingerprint density at radius 2 is 2.07 bits per heavy atom. The van der Waals surface area contributed by atoms with Crippen LogP contribution >= 0.6 is 0 Å². The summed E-state index contributed by atoms with van der Waals surface area (Å²) in [5, 5.41) is 18.0. The molecule has 0 bridgehead atoms. The topological polar surface area (TPSA) is 97.1 Å². The molecule has 2 aromatic heterocycles. The van der Waals surface area contributed by atoms with E-state index in [0.717, 1.165) is 36.3 Å². The van der Waals surface area contributed by atoms with Crippen LogP contribution in [-0.4, -0.2) is 40.1 Å². The van der Waals surface area contributed by atoms with Crippen molar-refractivity contribution in [1.82, 2.24) is 14.8 Å². The van der Waals surface area contributed by atoms with E-state index in [1.54, 1.807) is 6.07 Å². The van der Waals surface area contributed by atoms with Gasteiger partial charge in [0.1, 0.15) is 11.6 Å². The SMILES string of the molecule is CC(C)(C)n1nc([C@H]2CC[C@@H](O)C2)cc1Nc1nccc2c1CCS2(=O)=O. The molecule has 146 valence electrons. The fraction of sp³-hybridized carbons (Fsp3) is 0.579. The third-order valence-electron chi connectivity index (χ3n) is 5.40. The third-order valence-corrected chi connectivity index (χ3v) is 7.20. The van der Waals surface area contributed by atoms with Crippen molar-refractivity contribution in [3.05, 3.63) is 29.6 Å². The summed E-state index contributed by atoms with van der Waals surface area (Å²) in [5.41, 5.74) is 1.46. The van der Waals surface area contributed by atoms with E-state index in [1.807, 2.05) is 10.7 Å². The van der Waals surface area contributed by atoms with E-state index in [2.05, 4.69) is 31.1 Å². The largest absolute Gasteiger partial charge is 0.393 e. The van der Waals surface area contributed by atoms with Crippen LogP contribution in [0.2, 0.25) is 0 Å². The number of hydrogen-bond acceptors (Lipinski definition) is 6. The molecule has 0 amide bonds. The van der Waals surface area contributed by atoms with Crippen LogP contribution in [0.25, 0.3) is 0 Å². The smallest absolute Gasteiger partial charge is 0.179 e. The summed E-state index contributed by atoms with van der Waals surface area (Å²) in [6, 6.07) is 3.59. The van der Waals surface area contributed by atoms with Gasteiger partial charge in [0, 0.05) is 23.7 Å². The van der Waals surface area contributed by atoms with E-state index in [9.17, 15) is 13.5 Å². The number of rotatable bonds is 3. The predicted molar refractivity (Wildman–Crippen MR) is 103 cm³/mol. The molecule has 2 atom stereocenters. The maximum atomic E-state index is 12.2. The van der Waals surface area contributed by atoms with Crippen molar-refractivity contribution in [1.29, 1.82) is 0 Å². The molecule has 27 heavy (non-hydrogen) atoms. The second-order valence-electron chi connectivity index (χ2n) is 8.53. The zero-order chi connectivity index (χ0) is 19.4. The van der Waals surface area contributed by atoms with E-state index in [1.165, 1.54) is 6.20 Å². The first-order valence-corrected chi connectivity index (χ1v) is 11.1. The van der Waals surface area contributed by atoms with Crippen molar-refractivity contribution < 1.29 is 13.5 Å². The third kappa shape index (κ3) is 3.36. The molecule has 0 unspecified atom stereocenters. The Hall–Kier alpha value is -1.93. The number of aromatic nitrogens is 3. The number of pyridine rings is 1. The summed E-state index contributed by atoms with van der Waals surface area (Å²) >= 11 is 0. The van der Waals surface area contributed by atoms with Crippen molar-refractivity contribution in [2.75, 3.05) is 11.1 Å². The van der Waals surface area contributed by atoms with E-state index >= 15 is 0 Å². The fourth-order valence-corrected chi connectivity index (χ4v) is 5.54. The van der Waals surface area contributed by atoms with Crippen LogP contribution in [0.5, 0.6) is 0 Å². The second kappa shape index (κ2) is 6.31. The highest BCUT2D eigenvalue weighted by Gasteiger charge is 2.31. The van der Waals surface area contributed by atoms with Gasteiger partial charge in [-0.05, 0) is 52.5 Å². The van der Waals surface area contributed by atoms with Crippen molar-refractivity contribution in [2.24, 2.45) is 0 Å². The van der Waals surface area contributed by atoms with Crippen LogP contribution in [0, 0.1) is 0 Å². The highest BCUT2D eigenvalue weighted by atomic mass is 32.2. The average Bonchev–Trinajstić information content (AvgIpc) is 3.26. The normalized spacial score (nSPS) is 24.1. The molecule has 2 N–H and O–H groups in total. The molecular weight excluding hydrogens is 364 g/mol. The molecule has 0 saturated heterocycles. The maximum Gasteiger partial charge on any atom is 0.179 e. The summed E-state index contributed by atoms with van der Waals surface area (Å²) in [4.78, 5) is 4.77. The summed E-state index contributed by atoms with van der Waals surface area (Å²) in [5.74, 6) is 1.76. The fourth-order valence-electron chi connectivity index (χ4n) is 4.01. The molecule has 1 aliphatic carbocycles. The molecule has 2 aliphatic rings. The van der Waals surface area contributed by atoms with Gasteiger partial charge in [0.25, 0.3) is 0 Å². The van der Waals surface area contributed by atoms with Crippen molar-refractivity contribution in [3.63, 3.8) is 0 Å². The molecular formula is C19H26N4O3S. The average molecular weight is 391 g/mol. The van der Waals surface area contributed by atoms with Gasteiger partial charge in [0.05, 0.1) is 28.0 Å². The predicted octanol–water partition coefficient (Wildman–Crippen LogP) is 2.73. The Morgan fingerprint density at radius 3 is 2.74 bits per heavy atom. The molecule has 0 spiro atoms. The number of aliphatic hydroxyl groups excluding tert-OH is 1. The number of nitrogens with zero attached hydrogens (tertiary/aromatic N) is 3. The minimum atomic E-state index is -3.20. The maximum absolute atomic E-state index is 12.2. The Labute approximate surface area is 159 Å². The Balaban J connectivity index is 1.72. The second-order valence-corrected chi connectivity index (χ2v) is 10.6. The van der Waals surface area contributed by atoms with Crippen LogP contribution in [0.3, 0.4) is 0 Å². The molecule has 0 radical (unpaired) electrons. The lowest BCUT2D eigenvalue weighted by molar-refractivity contribution is 0.181. The lowest BCUT2D eigenvalue weighted by Crippen LogP contribution is -2.25. The number of hydrogen-bond donors (Lipinski definition) is 2. The van der Waals surface area contributed by atoms with Gasteiger partial charge in [-0.3, -0.25) is 0 Å². The van der Waals surface area contributed by atoms with E-state index in [0.29, 0.717) is 17.1 Å². The number of sulfone groups is 1.